The molecule has 10 nitrogen and oxygen atoms in total. The maximum Gasteiger partial charge on any atom is 0.261 e. The zero-order valence-electron chi connectivity index (χ0n) is 16.6. The number of carbonyl (C=O) groups is 1. The maximum atomic E-state index is 12.5. The molecule has 0 spiro atoms. The van der Waals surface area contributed by atoms with Gasteiger partial charge in [-0.3, -0.25) is 14.6 Å². The van der Waals surface area contributed by atoms with Crippen LogP contribution in [0, 0.1) is 0 Å². The molecule has 3 rings (SSSR count). The van der Waals surface area contributed by atoms with Crippen LogP contribution in [-0.2, 0) is 14.8 Å². The fraction of sp³-hybridized carbons (Fsp3) is 0.211. The summed E-state index contributed by atoms with van der Waals surface area (Å²) in [5, 5.41) is 9.86. The zero-order valence-corrected chi connectivity index (χ0v) is 18.2. The van der Waals surface area contributed by atoms with E-state index in [9.17, 15) is 13.2 Å². The highest BCUT2D eigenvalue weighted by Gasteiger charge is 2.14. The van der Waals surface area contributed by atoms with Crippen molar-refractivity contribution in [1.29, 1.82) is 0 Å². The number of ether oxygens (including phenoxy) is 2. The molecule has 12 heteroatoms. The average Bonchev–Trinajstić information content (AvgIpc) is 3.29. The number of hydrogen-bond acceptors (Lipinski definition) is 8. The van der Waals surface area contributed by atoms with Crippen LogP contribution in [0.3, 0.4) is 0 Å². The molecular formula is C19H21N5O5S2. The Balaban J connectivity index is 1.44. The number of benzene rings is 2. The van der Waals surface area contributed by atoms with Crippen molar-refractivity contribution in [3.63, 3.8) is 0 Å². The van der Waals surface area contributed by atoms with Crippen LogP contribution in [-0.4, -0.2) is 55.5 Å². The molecule has 0 aliphatic carbocycles. The summed E-state index contributed by atoms with van der Waals surface area (Å²) in [7, 11) is -2.22. The molecule has 0 radical (unpaired) electrons. The Kier molecular flexibility index (Phi) is 7.73. The number of nitrogens with zero attached hydrogens (tertiary/aromatic N) is 2. The summed E-state index contributed by atoms with van der Waals surface area (Å²) in [6, 6.07) is 12.3. The summed E-state index contributed by atoms with van der Waals surface area (Å²) in [5.74, 6) is 1.36. The van der Waals surface area contributed by atoms with Gasteiger partial charge in [0.1, 0.15) is 17.8 Å². The van der Waals surface area contributed by atoms with Crippen LogP contribution >= 0.6 is 11.8 Å². The van der Waals surface area contributed by atoms with Crippen molar-refractivity contribution in [2.75, 3.05) is 30.7 Å². The molecule has 0 unspecified atom stereocenters. The normalized spacial score (nSPS) is 11.0. The van der Waals surface area contributed by atoms with Gasteiger partial charge < -0.3 is 14.8 Å². The lowest BCUT2D eigenvalue weighted by Gasteiger charge is -2.10. The van der Waals surface area contributed by atoms with Gasteiger partial charge in [-0.1, -0.05) is 11.8 Å². The smallest absolute Gasteiger partial charge is 0.261 e. The number of H-pyrrole nitrogens is 1. The maximum absolute atomic E-state index is 12.5. The van der Waals surface area contributed by atoms with Gasteiger partial charge in [0.15, 0.2) is 11.8 Å². The van der Waals surface area contributed by atoms with E-state index in [1.165, 1.54) is 49.5 Å². The second-order valence-electron chi connectivity index (χ2n) is 6.08. The number of hydrogen-bond donors (Lipinski definition) is 3. The van der Waals surface area contributed by atoms with Crippen molar-refractivity contribution in [3.8, 4) is 11.5 Å². The van der Waals surface area contributed by atoms with E-state index in [2.05, 4.69) is 25.2 Å². The number of carbonyl (C=O) groups excluding carboxylic acids is 1. The second kappa shape index (κ2) is 10.7. The minimum Gasteiger partial charge on any atom is -0.497 e. The Labute approximate surface area is 183 Å². The van der Waals surface area contributed by atoms with E-state index in [1.807, 2.05) is 0 Å². The van der Waals surface area contributed by atoms with Crippen molar-refractivity contribution in [2.45, 2.75) is 10.1 Å². The third-order valence-corrected chi connectivity index (χ3v) is 6.18. The highest BCUT2D eigenvalue weighted by atomic mass is 32.2. The Morgan fingerprint density at radius 1 is 1.10 bits per heavy atom. The highest BCUT2D eigenvalue weighted by molar-refractivity contribution is 7.99. The summed E-state index contributed by atoms with van der Waals surface area (Å²) in [4.78, 5) is 15.9. The number of aromatic amines is 1. The lowest BCUT2D eigenvalue weighted by Crippen LogP contribution is -2.30. The molecule has 0 fully saturated rings. The van der Waals surface area contributed by atoms with Crippen molar-refractivity contribution >= 4 is 33.4 Å². The molecule has 1 heterocycles. The van der Waals surface area contributed by atoms with Gasteiger partial charge in [-0.2, -0.15) is 5.10 Å². The summed E-state index contributed by atoms with van der Waals surface area (Å²) in [5.41, 5.74) is 0.416. The van der Waals surface area contributed by atoms with Gasteiger partial charge in [0, 0.05) is 18.0 Å². The van der Waals surface area contributed by atoms with Crippen LogP contribution in [0.15, 0.2) is 64.9 Å². The molecule has 1 aromatic heterocycles. The molecule has 0 saturated heterocycles. The predicted molar refractivity (Wildman–Crippen MR) is 116 cm³/mol. The van der Waals surface area contributed by atoms with E-state index in [1.54, 1.807) is 24.3 Å². The Morgan fingerprint density at radius 3 is 2.45 bits per heavy atom. The lowest BCUT2D eigenvalue weighted by atomic mass is 10.3. The largest absolute Gasteiger partial charge is 0.497 e. The molecule has 1 amide bonds. The number of sulfonamides is 1. The third kappa shape index (κ3) is 6.89. The molecular weight excluding hydrogens is 442 g/mol. The van der Waals surface area contributed by atoms with E-state index >= 15 is 0 Å². The first kappa shape index (κ1) is 22.4. The van der Waals surface area contributed by atoms with Gasteiger partial charge in [-0.05, 0) is 48.5 Å². The van der Waals surface area contributed by atoms with Gasteiger partial charge in [0.25, 0.3) is 15.9 Å². The predicted octanol–water partition coefficient (Wildman–Crippen LogP) is 1.90. The summed E-state index contributed by atoms with van der Waals surface area (Å²) < 4.78 is 38.0. The Bertz CT molecular complexity index is 1070. The second-order valence-corrected chi connectivity index (χ2v) is 8.85. The van der Waals surface area contributed by atoms with Gasteiger partial charge in [0.2, 0.25) is 0 Å². The monoisotopic (exact) mass is 463 g/mol. The first-order chi connectivity index (χ1) is 15.0. The van der Waals surface area contributed by atoms with Crippen LogP contribution < -0.4 is 19.5 Å². The van der Waals surface area contributed by atoms with Crippen LogP contribution in [0.25, 0.3) is 0 Å². The number of thioether (sulfide) groups is 1. The lowest BCUT2D eigenvalue weighted by molar-refractivity contribution is -0.122. The van der Waals surface area contributed by atoms with Crippen LogP contribution in [0.2, 0.25) is 0 Å². The van der Waals surface area contributed by atoms with Crippen molar-refractivity contribution < 1.29 is 22.7 Å². The summed E-state index contributed by atoms with van der Waals surface area (Å²) in [6.07, 6.45) is 1.42. The van der Waals surface area contributed by atoms with E-state index < -0.39 is 10.0 Å². The number of nitrogens with one attached hydrogen (secondary N) is 3. The highest BCUT2D eigenvalue weighted by Crippen LogP contribution is 2.21. The molecule has 0 saturated carbocycles. The molecule has 2 aromatic carbocycles. The summed E-state index contributed by atoms with van der Waals surface area (Å²) in [6.45, 7) is 0.269. The fourth-order valence-corrected chi connectivity index (χ4v) is 4.09. The molecule has 3 aromatic rings. The Hall–Kier alpha value is -3.25. The molecule has 3 N–H and O–H groups in total. The standard InChI is InChI=1S/C19H21N5O5S2/c1-28-15-4-2-14(3-5-15)24-31(26,27)17-8-6-16(7-9-17)29-12-18(25)20-10-11-30-19-21-13-22-23-19/h2-9,13,24H,10-12H2,1H3,(H,20,25)(H,21,22,23). The van der Waals surface area contributed by atoms with E-state index in [-0.39, 0.29) is 17.4 Å². The van der Waals surface area contributed by atoms with Gasteiger partial charge in [0.05, 0.1) is 12.0 Å². The number of rotatable bonds is 11. The number of methoxy groups -OCH3 is 1. The number of amides is 1. The third-order valence-electron chi connectivity index (χ3n) is 3.90. The molecule has 0 bridgehead atoms. The Morgan fingerprint density at radius 2 is 1.81 bits per heavy atom. The molecule has 0 aliphatic rings. The van der Waals surface area contributed by atoms with Crippen LogP contribution in [0.5, 0.6) is 11.5 Å². The SMILES string of the molecule is COc1ccc(NS(=O)(=O)c2ccc(OCC(=O)NCCSc3ncn[nH]3)cc2)cc1. The van der Waals surface area contributed by atoms with Crippen molar-refractivity contribution in [1.82, 2.24) is 20.5 Å². The number of aromatic nitrogens is 3. The first-order valence-electron chi connectivity index (χ1n) is 9.11. The molecule has 31 heavy (non-hydrogen) atoms. The van der Waals surface area contributed by atoms with E-state index in [4.69, 9.17) is 9.47 Å². The fourth-order valence-electron chi connectivity index (χ4n) is 2.39. The average molecular weight is 464 g/mol. The number of anilines is 1. The molecule has 164 valence electrons. The minimum absolute atomic E-state index is 0.0737. The van der Waals surface area contributed by atoms with Crippen molar-refractivity contribution in [2.24, 2.45) is 0 Å². The van der Waals surface area contributed by atoms with Gasteiger partial charge in [-0.15, -0.1) is 0 Å². The van der Waals surface area contributed by atoms with Gasteiger partial charge >= 0.3 is 0 Å². The van der Waals surface area contributed by atoms with E-state index in [0.29, 0.717) is 34.6 Å². The first-order valence-corrected chi connectivity index (χ1v) is 11.6. The molecule has 0 aliphatic heterocycles. The van der Waals surface area contributed by atoms with Crippen molar-refractivity contribution in [3.05, 3.63) is 54.9 Å². The van der Waals surface area contributed by atoms with E-state index in [0.717, 1.165) is 0 Å². The van der Waals surface area contributed by atoms with Crippen LogP contribution in [0.4, 0.5) is 5.69 Å². The molecule has 0 atom stereocenters. The topological polar surface area (TPSA) is 135 Å². The zero-order chi connectivity index (χ0) is 22.1. The minimum atomic E-state index is -3.75. The quantitative estimate of drug-likeness (QED) is 0.290. The van der Waals surface area contributed by atoms with Crippen LogP contribution in [0.1, 0.15) is 0 Å². The van der Waals surface area contributed by atoms with Gasteiger partial charge in [-0.25, -0.2) is 13.4 Å². The summed E-state index contributed by atoms with van der Waals surface area (Å²) >= 11 is 1.44.